The minimum atomic E-state index is -0.814. The Morgan fingerprint density at radius 1 is 1.04 bits per heavy atom. The third kappa shape index (κ3) is 8.81. The van der Waals surface area contributed by atoms with Crippen LogP contribution in [0.4, 0.5) is 0 Å². The van der Waals surface area contributed by atoms with Crippen molar-refractivity contribution in [2.24, 2.45) is 5.73 Å². The van der Waals surface area contributed by atoms with Gasteiger partial charge in [0.25, 0.3) is 0 Å². The lowest BCUT2D eigenvalue weighted by atomic mass is 10.0. The van der Waals surface area contributed by atoms with Gasteiger partial charge in [0, 0.05) is 6.54 Å². The largest absolute Gasteiger partial charge is 0.483 e. The molecule has 0 fully saturated rings. The van der Waals surface area contributed by atoms with Gasteiger partial charge in [-0.25, -0.2) is 0 Å². The number of ether oxygens (including phenoxy) is 1. The van der Waals surface area contributed by atoms with Crippen LogP contribution in [0, 0.1) is 0 Å². The summed E-state index contributed by atoms with van der Waals surface area (Å²) in [6.07, 6.45) is 19.1. The molecular formula is C20H29NO2. The average Bonchev–Trinajstić information content (AvgIpc) is 2.56. The molecule has 3 N–H and O–H groups in total. The molecule has 0 aliphatic rings. The fraction of sp³-hybridized carbons (Fsp3) is 0.300. The molecule has 0 aromatic rings. The molecule has 2 atom stereocenters. The fourth-order valence-corrected chi connectivity index (χ4v) is 1.80. The van der Waals surface area contributed by atoms with Gasteiger partial charge in [-0.3, -0.25) is 0 Å². The fourth-order valence-electron chi connectivity index (χ4n) is 1.80. The Morgan fingerprint density at radius 2 is 1.74 bits per heavy atom. The predicted octanol–water partition coefficient (Wildman–Crippen LogP) is 3.97. The molecule has 0 saturated carbocycles. The second-order valence-electron chi connectivity index (χ2n) is 4.72. The molecule has 126 valence electrons. The van der Waals surface area contributed by atoms with E-state index in [4.69, 9.17) is 10.5 Å². The van der Waals surface area contributed by atoms with Gasteiger partial charge >= 0.3 is 0 Å². The average molecular weight is 315 g/mol. The van der Waals surface area contributed by atoms with Crippen molar-refractivity contribution < 1.29 is 9.84 Å². The summed E-state index contributed by atoms with van der Waals surface area (Å²) < 4.78 is 5.99. The van der Waals surface area contributed by atoms with E-state index in [1.807, 2.05) is 75.5 Å². The lowest BCUT2D eigenvalue weighted by Gasteiger charge is -2.25. The highest BCUT2D eigenvalue weighted by molar-refractivity contribution is 5.30. The summed E-state index contributed by atoms with van der Waals surface area (Å²) in [5.74, 6) is 0.603. The Hall–Kier alpha value is -2.10. The predicted molar refractivity (Wildman–Crippen MR) is 99.9 cm³/mol. The molecule has 0 aromatic carbocycles. The molecule has 23 heavy (non-hydrogen) atoms. The van der Waals surface area contributed by atoms with Gasteiger partial charge in [0.05, 0.1) is 0 Å². The summed E-state index contributed by atoms with van der Waals surface area (Å²) in [6.45, 7) is 9.59. The summed E-state index contributed by atoms with van der Waals surface area (Å²) in [4.78, 5) is 0. The number of aliphatic hydroxyl groups is 1. The monoisotopic (exact) mass is 315 g/mol. The maximum absolute atomic E-state index is 10.3. The van der Waals surface area contributed by atoms with E-state index in [1.54, 1.807) is 12.2 Å². The third-order valence-electron chi connectivity index (χ3n) is 2.87. The van der Waals surface area contributed by atoms with Crippen LogP contribution in [0.15, 0.2) is 84.7 Å². The van der Waals surface area contributed by atoms with Crippen LogP contribution in [-0.2, 0) is 4.74 Å². The van der Waals surface area contributed by atoms with Gasteiger partial charge < -0.3 is 15.6 Å². The van der Waals surface area contributed by atoms with Crippen LogP contribution in [0.5, 0.6) is 0 Å². The first kappa shape index (κ1) is 20.9. The summed E-state index contributed by atoms with van der Waals surface area (Å²) in [7, 11) is 0. The maximum Gasteiger partial charge on any atom is 0.151 e. The molecule has 0 rings (SSSR count). The molecule has 0 aliphatic carbocycles. The second-order valence-corrected chi connectivity index (χ2v) is 4.72. The lowest BCUT2D eigenvalue weighted by molar-refractivity contribution is 0.0294. The van der Waals surface area contributed by atoms with Crippen molar-refractivity contribution >= 4 is 0 Å². The quantitative estimate of drug-likeness (QED) is 0.474. The smallest absolute Gasteiger partial charge is 0.151 e. The van der Waals surface area contributed by atoms with Crippen LogP contribution in [-0.4, -0.2) is 23.9 Å². The summed E-state index contributed by atoms with van der Waals surface area (Å²) in [5, 5.41) is 10.3. The van der Waals surface area contributed by atoms with Gasteiger partial charge in [-0.2, -0.15) is 0 Å². The third-order valence-corrected chi connectivity index (χ3v) is 2.87. The Bertz CT molecular complexity index is 508. The second kappa shape index (κ2) is 13.6. The molecule has 0 aliphatic heterocycles. The van der Waals surface area contributed by atoms with Gasteiger partial charge in [0.2, 0.25) is 0 Å². The molecule has 0 unspecified atom stereocenters. The first-order valence-electron chi connectivity index (χ1n) is 7.76. The van der Waals surface area contributed by atoms with E-state index in [-0.39, 0.29) is 6.54 Å². The first-order chi connectivity index (χ1) is 11.1. The zero-order valence-electron chi connectivity index (χ0n) is 14.4. The van der Waals surface area contributed by atoms with Crippen LogP contribution in [0.1, 0.15) is 20.8 Å². The van der Waals surface area contributed by atoms with Crippen molar-refractivity contribution in [3.63, 3.8) is 0 Å². The van der Waals surface area contributed by atoms with E-state index in [1.165, 1.54) is 0 Å². The SMILES string of the molecule is C=C\C=C(/C=C\C=C/C)O[C@@H](C(/C=C\C)=C/C=C\C)[C@@H](O)CN. The molecule has 0 aromatic heterocycles. The Kier molecular flexibility index (Phi) is 12.3. The highest BCUT2D eigenvalue weighted by atomic mass is 16.5. The molecular weight excluding hydrogens is 286 g/mol. The highest BCUT2D eigenvalue weighted by Gasteiger charge is 2.22. The number of aliphatic hydroxyl groups excluding tert-OH is 1. The van der Waals surface area contributed by atoms with E-state index in [0.29, 0.717) is 5.76 Å². The van der Waals surface area contributed by atoms with Crippen LogP contribution in [0.3, 0.4) is 0 Å². The topological polar surface area (TPSA) is 55.5 Å². The van der Waals surface area contributed by atoms with E-state index < -0.39 is 12.2 Å². The molecule has 0 amide bonds. The molecule has 0 heterocycles. The zero-order valence-corrected chi connectivity index (χ0v) is 14.4. The minimum absolute atomic E-state index is 0.106. The van der Waals surface area contributed by atoms with Crippen LogP contribution in [0.25, 0.3) is 0 Å². The molecule has 3 heteroatoms. The molecule has 0 saturated heterocycles. The van der Waals surface area contributed by atoms with E-state index in [9.17, 15) is 5.11 Å². The standard InChI is InChI=1S/C20H29NO2/c1-5-9-11-15-18(13-8-4)23-20(19(22)16-21)17(12-7-3)14-10-6-2/h5-15,19-20,22H,4,16,21H2,1-3H3/b9-5-,10-6-,12-7-,15-11-,17-14+,18-13+/t19-,20-/m0/s1. The lowest BCUT2D eigenvalue weighted by Crippen LogP contribution is -2.36. The van der Waals surface area contributed by atoms with Gasteiger partial charge in [-0.05, 0) is 38.5 Å². The van der Waals surface area contributed by atoms with Crippen LogP contribution >= 0.6 is 0 Å². The number of hydrogen-bond acceptors (Lipinski definition) is 3. The minimum Gasteiger partial charge on any atom is -0.483 e. The number of hydrogen-bond donors (Lipinski definition) is 2. The molecule has 0 bridgehead atoms. The number of nitrogens with two attached hydrogens (primary N) is 1. The Balaban J connectivity index is 5.59. The number of rotatable bonds is 10. The van der Waals surface area contributed by atoms with Gasteiger partial charge in [-0.1, -0.05) is 61.3 Å². The van der Waals surface area contributed by atoms with E-state index >= 15 is 0 Å². The van der Waals surface area contributed by atoms with Crippen molar-refractivity contribution in [1.82, 2.24) is 0 Å². The first-order valence-corrected chi connectivity index (χ1v) is 7.76. The number of allylic oxidation sites excluding steroid dienone is 10. The molecule has 3 nitrogen and oxygen atoms in total. The normalized spacial score (nSPS) is 16.7. The molecule has 0 radical (unpaired) electrons. The Morgan fingerprint density at radius 3 is 2.26 bits per heavy atom. The highest BCUT2D eigenvalue weighted by Crippen LogP contribution is 2.18. The van der Waals surface area contributed by atoms with Crippen molar-refractivity contribution in [2.45, 2.75) is 33.0 Å². The van der Waals surface area contributed by atoms with Gasteiger partial charge in [0.15, 0.2) is 6.10 Å². The van der Waals surface area contributed by atoms with Crippen molar-refractivity contribution in [2.75, 3.05) is 6.54 Å². The molecule has 0 spiro atoms. The van der Waals surface area contributed by atoms with Crippen molar-refractivity contribution in [3.8, 4) is 0 Å². The van der Waals surface area contributed by atoms with Crippen molar-refractivity contribution in [1.29, 1.82) is 0 Å². The Labute approximate surface area is 140 Å². The van der Waals surface area contributed by atoms with Gasteiger partial charge in [-0.15, -0.1) is 0 Å². The van der Waals surface area contributed by atoms with Crippen LogP contribution < -0.4 is 5.73 Å². The van der Waals surface area contributed by atoms with Gasteiger partial charge in [0.1, 0.15) is 11.9 Å². The summed E-state index contributed by atoms with van der Waals surface area (Å²) >= 11 is 0. The summed E-state index contributed by atoms with van der Waals surface area (Å²) in [6, 6.07) is 0. The maximum atomic E-state index is 10.3. The summed E-state index contributed by atoms with van der Waals surface area (Å²) in [5.41, 5.74) is 6.48. The van der Waals surface area contributed by atoms with E-state index in [0.717, 1.165) is 5.57 Å². The van der Waals surface area contributed by atoms with E-state index in [2.05, 4.69) is 6.58 Å². The zero-order chi connectivity index (χ0) is 17.5. The van der Waals surface area contributed by atoms with Crippen molar-refractivity contribution in [3.05, 3.63) is 84.7 Å². The van der Waals surface area contributed by atoms with Crippen LogP contribution in [0.2, 0.25) is 0 Å².